The first-order chi connectivity index (χ1) is 7.36. The SMILES string of the molecule is Brc1cc2c(c3ccccc13)SCCS2. The fourth-order valence-electron chi connectivity index (χ4n) is 1.83. The molecule has 0 radical (unpaired) electrons. The smallest absolute Gasteiger partial charge is 0.0288 e. The second-order valence-corrected chi connectivity index (χ2v) is 6.52. The molecule has 0 spiro atoms. The summed E-state index contributed by atoms with van der Waals surface area (Å²) in [6.07, 6.45) is 0. The van der Waals surface area contributed by atoms with Crippen molar-refractivity contribution >= 4 is 50.2 Å². The molecule has 2 aromatic carbocycles. The minimum atomic E-state index is 1.21. The van der Waals surface area contributed by atoms with Gasteiger partial charge in [0.1, 0.15) is 0 Å². The Bertz CT molecular complexity index is 522. The average molecular weight is 297 g/mol. The van der Waals surface area contributed by atoms with Crippen LogP contribution in [-0.2, 0) is 0 Å². The monoisotopic (exact) mass is 296 g/mol. The summed E-state index contributed by atoms with van der Waals surface area (Å²) in [5, 5.41) is 2.71. The van der Waals surface area contributed by atoms with Crippen LogP contribution >= 0.6 is 39.5 Å². The number of hydrogen-bond donors (Lipinski definition) is 0. The molecule has 3 rings (SSSR count). The van der Waals surface area contributed by atoms with E-state index in [0.29, 0.717) is 0 Å². The van der Waals surface area contributed by atoms with Crippen LogP contribution in [0.2, 0.25) is 0 Å². The molecule has 1 aliphatic rings. The Hall–Kier alpha value is -0.120. The van der Waals surface area contributed by atoms with Gasteiger partial charge in [-0.15, -0.1) is 23.5 Å². The van der Waals surface area contributed by atoms with E-state index < -0.39 is 0 Å². The highest BCUT2D eigenvalue weighted by atomic mass is 79.9. The molecule has 0 fully saturated rings. The maximum Gasteiger partial charge on any atom is 0.0288 e. The van der Waals surface area contributed by atoms with Crippen molar-refractivity contribution < 1.29 is 0 Å². The van der Waals surface area contributed by atoms with E-state index in [0.717, 1.165) is 0 Å². The second kappa shape index (κ2) is 4.04. The summed E-state index contributed by atoms with van der Waals surface area (Å²) < 4.78 is 1.21. The van der Waals surface area contributed by atoms with E-state index in [4.69, 9.17) is 0 Å². The molecule has 0 amide bonds. The van der Waals surface area contributed by atoms with Crippen molar-refractivity contribution in [3.8, 4) is 0 Å². The zero-order valence-electron chi connectivity index (χ0n) is 8.00. The van der Waals surface area contributed by atoms with E-state index in [1.807, 2.05) is 23.5 Å². The lowest BCUT2D eigenvalue weighted by molar-refractivity contribution is 1.26. The van der Waals surface area contributed by atoms with Crippen molar-refractivity contribution in [2.24, 2.45) is 0 Å². The average Bonchev–Trinajstić information content (AvgIpc) is 2.30. The Labute approximate surface area is 106 Å². The van der Waals surface area contributed by atoms with Crippen LogP contribution in [-0.4, -0.2) is 11.5 Å². The fourth-order valence-corrected chi connectivity index (χ4v) is 4.98. The number of fused-ring (bicyclic) bond motifs is 3. The van der Waals surface area contributed by atoms with Gasteiger partial charge in [0.2, 0.25) is 0 Å². The van der Waals surface area contributed by atoms with E-state index >= 15 is 0 Å². The Morgan fingerprint density at radius 2 is 1.73 bits per heavy atom. The number of halogens is 1. The zero-order valence-corrected chi connectivity index (χ0v) is 11.2. The molecule has 0 nitrogen and oxygen atoms in total. The van der Waals surface area contributed by atoms with Gasteiger partial charge >= 0.3 is 0 Å². The zero-order chi connectivity index (χ0) is 10.3. The molecule has 0 atom stereocenters. The third-order valence-corrected chi connectivity index (χ3v) is 5.72. The van der Waals surface area contributed by atoms with Gasteiger partial charge in [-0.05, 0) is 16.8 Å². The molecule has 0 saturated heterocycles. The Balaban J connectivity index is 2.39. The predicted molar refractivity (Wildman–Crippen MR) is 73.1 cm³/mol. The summed E-state index contributed by atoms with van der Waals surface area (Å²) >= 11 is 7.61. The van der Waals surface area contributed by atoms with Crippen molar-refractivity contribution in [2.75, 3.05) is 11.5 Å². The highest BCUT2D eigenvalue weighted by Gasteiger charge is 2.15. The molecule has 76 valence electrons. The summed E-state index contributed by atoms with van der Waals surface area (Å²) in [7, 11) is 0. The van der Waals surface area contributed by atoms with Gasteiger partial charge in [-0.25, -0.2) is 0 Å². The molecular weight excluding hydrogens is 288 g/mol. The van der Waals surface area contributed by atoms with Gasteiger partial charge in [0.05, 0.1) is 0 Å². The molecule has 1 aliphatic heterocycles. The minimum Gasteiger partial charge on any atom is -0.124 e. The minimum absolute atomic E-state index is 1.21. The molecule has 0 bridgehead atoms. The number of benzene rings is 2. The van der Waals surface area contributed by atoms with Crippen molar-refractivity contribution in [3.05, 3.63) is 34.8 Å². The summed E-state index contributed by atoms with van der Waals surface area (Å²) in [6, 6.07) is 10.9. The third-order valence-electron chi connectivity index (χ3n) is 2.50. The molecule has 0 saturated carbocycles. The predicted octanol–water partition coefficient (Wildman–Crippen LogP) is 4.80. The molecular formula is C12H9BrS2. The van der Waals surface area contributed by atoms with Crippen LogP contribution < -0.4 is 0 Å². The van der Waals surface area contributed by atoms with Crippen LogP contribution in [0.25, 0.3) is 10.8 Å². The molecule has 1 heterocycles. The Morgan fingerprint density at radius 3 is 2.60 bits per heavy atom. The lowest BCUT2D eigenvalue weighted by atomic mass is 10.1. The van der Waals surface area contributed by atoms with E-state index in [1.165, 1.54) is 36.5 Å². The van der Waals surface area contributed by atoms with Crippen LogP contribution in [0.15, 0.2) is 44.6 Å². The van der Waals surface area contributed by atoms with Gasteiger partial charge in [0.25, 0.3) is 0 Å². The first-order valence-corrected chi connectivity index (χ1v) is 7.59. The van der Waals surface area contributed by atoms with Crippen molar-refractivity contribution in [1.29, 1.82) is 0 Å². The molecule has 0 unspecified atom stereocenters. The summed E-state index contributed by atoms with van der Waals surface area (Å²) in [5.41, 5.74) is 0. The van der Waals surface area contributed by atoms with Crippen LogP contribution in [0.1, 0.15) is 0 Å². The van der Waals surface area contributed by atoms with Crippen molar-refractivity contribution in [1.82, 2.24) is 0 Å². The third kappa shape index (κ3) is 1.71. The second-order valence-electron chi connectivity index (χ2n) is 3.43. The number of thioether (sulfide) groups is 2. The van der Waals surface area contributed by atoms with E-state index in [9.17, 15) is 0 Å². The fraction of sp³-hybridized carbons (Fsp3) is 0.167. The lowest BCUT2D eigenvalue weighted by Crippen LogP contribution is -1.95. The van der Waals surface area contributed by atoms with E-state index in [2.05, 4.69) is 46.3 Å². The Kier molecular flexibility index (Phi) is 2.71. The molecule has 15 heavy (non-hydrogen) atoms. The highest BCUT2D eigenvalue weighted by Crippen LogP contribution is 2.43. The van der Waals surface area contributed by atoms with E-state index in [-0.39, 0.29) is 0 Å². The van der Waals surface area contributed by atoms with Gasteiger partial charge < -0.3 is 0 Å². The number of hydrogen-bond acceptors (Lipinski definition) is 2. The van der Waals surface area contributed by atoms with Gasteiger partial charge in [-0.3, -0.25) is 0 Å². The van der Waals surface area contributed by atoms with Crippen LogP contribution in [0.3, 0.4) is 0 Å². The summed E-state index contributed by atoms with van der Waals surface area (Å²) in [4.78, 5) is 2.89. The normalized spacial score (nSPS) is 15.3. The van der Waals surface area contributed by atoms with Crippen molar-refractivity contribution in [2.45, 2.75) is 9.79 Å². The van der Waals surface area contributed by atoms with Gasteiger partial charge in [-0.2, -0.15) is 0 Å². The van der Waals surface area contributed by atoms with E-state index in [1.54, 1.807) is 0 Å². The molecule has 0 aromatic heterocycles. The van der Waals surface area contributed by atoms with Crippen LogP contribution in [0.4, 0.5) is 0 Å². The molecule has 0 N–H and O–H groups in total. The maximum absolute atomic E-state index is 3.65. The largest absolute Gasteiger partial charge is 0.124 e. The first kappa shape index (κ1) is 10.1. The van der Waals surface area contributed by atoms with Gasteiger partial charge in [-0.1, -0.05) is 40.2 Å². The highest BCUT2D eigenvalue weighted by molar-refractivity contribution is 9.10. The Morgan fingerprint density at radius 1 is 1.00 bits per heavy atom. The first-order valence-electron chi connectivity index (χ1n) is 4.83. The lowest BCUT2D eigenvalue weighted by Gasteiger charge is -2.17. The summed E-state index contributed by atoms with van der Waals surface area (Å²) in [5.74, 6) is 2.45. The van der Waals surface area contributed by atoms with Crippen LogP contribution in [0.5, 0.6) is 0 Å². The number of rotatable bonds is 0. The maximum atomic E-state index is 3.65. The van der Waals surface area contributed by atoms with Gasteiger partial charge in [0, 0.05) is 25.8 Å². The molecule has 0 aliphatic carbocycles. The quantitative estimate of drug-likeness (QED) is 0.685. The van der Waals surface area contributed by atoms with Crippen LogP contribution in [0, 0.1) is 0 Å². The molecule has 3 heteroatoms. The van der Waals surface area contributed by atoms with Crippen molar-refractivity contribution in [3.63, 3.8) is 0 Å². The summed E-state index contributed by atoms with van der Waals surface area (Å²) in [6.45, 7) is 0. The molecule has 2 aromatic rings. The standard InChI is InChI=1S/C12H9BrS2/c13-10-7-11-12(15-6-5-14-11)9-4-2-1-3-8(9)10/h1-4,7H,5-6H2. The topological polar surface area (TPSA) is 0 Å². The van der Waals surface area contributed by atoms with Gasteiger partial charge in [0.15, 0.2) is 0 Å².